The summed E-state index contributed by atoms with van der Waals surface area (Å²) in [5.41, 5.74) is 0.103. The van der Waals surface area contributed by atoms with E-state index in [1.807, 2.05) is 4.90 Å². The molecule has 0 radical (unpaired) electrons. The number of hydrogen-bond acceptors (Lipinski definition) is 1. The van der Waals surface area contributed by atoms with Gasteiger partial charge in [-0.2, -0.15) is 0 Å². The highest BCUT2D eigenvalue weighted by Crippen LogP contribution is 2.27. The number of hydrogen-bond donors (Lipinski definition) is 1. The molecule has 2 amide bonds. The normalized spacial score (nSPS) is 18.1. The van der Waals surface area contributed by atoms with Crippen LogP contribution in [0.25, 0.3) is 0 Å². The van der Waals surface area contributed by atoms with Crippen LogP contribution in [0.15, 0.2) is 0 Å². The van der Waals surface area contributed by atoms with Crippen LogP contribution in [-0.2, 0) is 0 Å². The Balaban J connectivity index is 2.48. The molecule has 1 saturated heterocycles. The zero-order chi connectivity index (χ0) is 13.1. The molecule has 0 atom stereocenters. The molecule has 100 valence electrons. The quantitative estimate of drug-likeness (QED) is 0.788. The lowest BCUT2D eigenvalue weighted by molar-refractivity contribution is 0.165. The Hall–Kier alpha value is -0.730. The fraction of sp³-hybridized carbons (Fsp3) is 0.929. The van der Waals surface area contributed by atoms with E-state index in [1.165, 1.54) is 6.42 Å². The lowest BCUT2D eigenvalue weighted by Crippen LogP contribution is -2.52. The first-order valence-corrected chi connectivity index (χ1v) is 6.77. The smallest absolute Gasteiger partial charge is 0.317 e. The van der Waals surface area contributed by atoms with Crippen molar-refractivity contribution in [3.63, 3.8) is 0 Å². The standard InChI is InChI=1S/C14H28N2O/c1-13(2,3)11-14(4,5)15-12(17)16-9-7-6-8-10-16/h6-11H2,1-5H3,(H,15,17). The van der Waals surface area contributed by atoms with Gasteiger partial charge in [-0.15, -0.1) is 0 Å². The Morgan fingerprint density at radius 2 is 1.59 bits per heavy atom. The molecular formula is C14H28N2O. The second-order valence-corrected chi connectivity index (χ2v) is 7.10. The maximum Gasteiger partial charge on any atom is 0.317 e. The topological polar surface area (TPSA) is 32.3 Å². The molecule has 0 aliphatic carbocycles. The summed E-state index contributed by atoms with van der Waals surface area (Å²) in [6.07, 6.45) is 4.54. The van der Waals surface area contributed by atoms with E-state index in [1.54, 1.807) is 0 Å². The zero-order valence-electron chi connectivity index (χ0n) is 12.1. The minimum Gasteiger partial charge on any atom is -0.333 e. The van der Waals surface area contributed by atoms with Crippen LogP contribution < -0.4 is 5.32 Å². The zero-order valence-corrected chi connectivity index (χ0v) is 12.1. The number of rotatable bonds is 2. The molecule has 1 N–H and O–H groups in total. The predicted octanol–water partition coefficient (Wildman–Crippen LogP) is 3.40. The van der Waals surface area contributed by atoms with E-state index < -0.39 is 0 Å². The van der Waals surface area contributed by atoms with Crippen molar-refractivity contribution in [3.8, 4) is 0 Å². The first kappa shape index (κ1) is 14.3. The molecule has 17 heavy (non-hydrogen) atoms. The Morgan fingerprint density at radius 1 is 1.06 bits per heavy atom. The van der Waals surface area contributed by atoms with E-state index in [0.717, 1.165) is 32.4 Å². The van der Waals surface area contributed by atoms with E-state index in [9.17, 15) is 4.79 Å². The van der Waals surface area contributed by atoms with Crippen LogP contribution in [0.1, 0.15) is 60.3 Å². The van der Waals surface area contributed by atoms with Crippen LogP contribution in [-0.4, -0.2) is 29.6 Å². The Labute approximate surface area is 106 Å². The molecule has 0 unspecified atom stereocenters. The van der Waals surface area contributed by atoms with Gasteiger partial charge in [-0.25, -0.2) is 4.79 Å². The number of carbonyl (C=O) groups excluding carboxylic acids is 1. The first-order chi connectivity index (χ1) is 7.70. The summed E-state index contributed by atoms with van der Waals surface area (Å²) in [7, 11) is 0. The lowest BCUT2D eigenvalue weighted by Gasteiger charge is -2.36. The average molecular weight is 240 g/mol. The average Bonchev–Trinajstić information content (AvgIpc) is 2.14. The SMILES string of the molecule is CC(C)(C)CC(C)(C)NC(=O)N1CCCCC1. The molecule has 1 aliphatic heterocycles. The van der Waals surface area contributed by atoms with E-state index >= 15 is 0 Å². The van der Waals surface area contributed by atoms with Crippen molar-refractivity contribution < 1.29 is 4.79 Å². The van der Waals surface area contributed by atoms with Gasteiger partial charge in [0.15, 0.2) is 0 Å². The van der Waals surface area contributed by atoms with Crippen molar-refractivity contribution in [3.05, 3.63) is 0 Å². The van der Waals surface area contributed by atoms with E-state index in [-0.39, 0.29) is 17.0 Å². The number of nitrogens with zero attached hydrogens (tertiary/aromatic N) is 1. The highest BCUT2D eigenvalue weighted by molar-refractivity contribution is 5.75. The molecule has 0 spiro atoms. The minimum atomic E-state index is -0.132. The Kier molecular flexibility index (Phi) is 4.45. The molecule has 0 aromatic carbocycles. The van der Waals surface area contributed by atoms with Gasteiger partial charge in [-0.1, -0.05) is 20.8 Å². The third-order valence-corrected chi connectivity index (χ3v) is 3.06. The van der Waals surface area contributed by atoms with E-state index in [2.05, 4.69) is 39.9 Å². The number of carbonyl (C=O) groups is 1. The summed E-state index contributed by atoms with van der Waals surface area (Å²) in [4.78, 5) is 14.1. The summed E-state index contributed by atoms with van der Waals surface area (Å²) >= 11 is 0. The van der Waals surface area contributed by atoms with Gasteiger partial charge in [0, 0.05) is 18.6 Å². The number of likely N-dealkylation sites (tertiary alicyclic amines) is 1. The molecule has 0 bridgehead atoms. The monoisotopic (exact) mass is 240 g/mol. The lowest BCUT2D eigenvalue weighted by atomic mass is 9.82. The Morgan fingerprint density at radius 3 is 2.06 bits per heavy atom. The van der Waals surface area contributed by atoms with Crippen molar-refractivity contribution in [1.29, 1.82) is 0 Å². The van der Waals surface area contributed by atoms with Gasteiger partial charge in [0.05, 0.1) is 0 Å². The second kappa shape index (κ2) is 5.28. The highest BCUT2D eigenvalue weighted by Gasteiger charge is 2.29. The fourth-order valence-electron chi connectivity index (χ4n) is 2.84. The predicted molar refractivity (Wildman–Crippen MR) is 72.1 cm³/mol. The first-order valence-electron chi connectivity index (χ1n) is 6.77. The van der Waals surface area contributed by atoms with Gasteiger partial charge in [0.2, 0.25) is 0 Å². The molecule has 3 nitrogen and oxygen atoms in total. The molecular weight excluding hydrogens is 212 g/mol. The minimum absolute atomic E-state index is 0.110. The third-order valence-electron chi connectivity index (χ3n) is 3.06. The molecule has 0 saturated carbocycles. The molecule has 0 aromatic heterocycles. The number of nitrogens with one attached hydrogen (secondary N) is 1. The van der Waals surface area contributed by atoms with Gasteiger partial charge in [0.25, 0.3) is 0 Å². The van der Waals surface area contributed by atoms with Crippen LogP contribution in [0, 0.1) is 5.41 Å². The molecule has 1 rings (SSSR count). The van der Waals surface area contributed by atoms with Gasteiger partial charge in [-0.05, 0) is 44.9 Å². The van der Waals surface area contributed by atoms with E-state index in [0.29, 0.717) is 0 Å². The van der Waals surface area contributed by atoms with Gasteiger partial charge in [0.1, 0.15) is 0 Å². The Bertz CT molecular complexity index is 260. The largest absolute Gasteiger partial charge is 0.333 e. The summed E-state index contributed by atoms with van der Waals surface area (Å²) in [5, 5.41) is 3.17. The molecule has 1 fully saturated rings. The van der Waals surface area contributed by atoms with Gasteiger partial charge < -0.3 is 10.2 Å². The van der Waals surface area contributed by atoms with Crippen molar-refractivity contribution in [2.45, 2.75) is 65.8 Å². The van der Waals surface area contributed by atoms with Crippen LogP contribution in [0.2, 0.25) is 0 Å². The van der Waals surface area contributed by atoms with Crippen LogP contribution in [0.3, 0.4) is 0 Å². The summed E-state index contributed by atoms with van der Waals surface area (Å²) in [6, 6.07) is 0.110. The molecule has 1 heterocycles. The van der Waals surface area contributed by atoms with Crippen molar-refractivity contribution in [1.82, 2.24) is 10.2 Å². The maximum atomic E-state index is 12.1. The van der Waals surface area contributed by atoms with Gasteiger partial charge in [-0.3, -0.25) is 0 Å². The summed E-state index contributed by atoms with van der Waals surface area (Å²) in [5.74, 6) is 0. The van der Waals surface area contributed by atoms with Crippen molar-refractivity contribution in [2.75, 3.05) is 13.1 Å². The van der Waals surface area contributed by atoms with Crippen molar-refractivity contribution >= 4 is 6.03 Å². The molecule has 0 aromatic rings. The third kappa shape index (κ3) is 5.42. The summed E-state index contributed by atoms with van der Waals surface area (Å²) < 4.78 is 0. The van der Waals surface area contributed by atoms with Gasteiger partial charge >= 0.3 is 6.03 Å². The molecule has 1 aliphatic rings. The van der Waals surface area contributed by atoms with Crippen LogP contribution in [0.5, 0.6) is 0 Å². The number of urea groups is 1. The van der Waals surface area contributed by atoms with E-state index in [4.69, 9.17) is 0 Å². The summed E-state index contributed by atoms with van der Waals surface area (Å²) in [6.45, 7) is 12.7. The highest BCUT2D eigenvalue weighted by atomic mass is 16.2. The van der Waals surface area contributed by atoms with Crippen LogP contribution >= 0.6 is 0 Å². The van der Waals surface area contributed by atoms with Crippen molar-refractivity contribution in [2.24, 2.45) is 5.41 Å². The van der Waals surface area contributed by atoms with Crippen LogP contribution in [0.4, 0.5) is 4.79 Å². The second-order valence-electron chi connectivity index (χ2n) is 7.10. The number of piperidine rings is 1. The number of amides is 2. The molecule has 3 heteroatoms. The fourth-order valence-corrected chi connectivity index (χ4v) is 2.84. The maximum absolute atomic E-state index is 12.1.